The lowest BCUT2D eigenvalue weighted by Gasteiger charge is -2.33. The van der Waals surface area contributed by atoms with E-state index in [2.05, 4.69) is 38.2 Å². The minimum Gasteiger partial charge on any atom is -0.496 e. The third kappa shape index (κ3) is 4.40. The largest absolute Gasteiger partial charge is 0.496 e. The van der Waals surface area contributed by atoms with Crippen LogP contribution in [0.25, 0.3) is 16.7 Å². The van der Waals surface area contributed by atoms with Gasteiger partial charge >= 0.3 is 0 Å². The standard InChI is InChI=1S/C26H25ClFNO2/c1-16-14-26(2,3)29-23-12-11-20(21-10-7-18(28)13-24(21)30-4)22(25(16)23)15-31-19-8-5-17(27)6-9-19/h5-14,29H,15H2,1-4H3. The van der Waals surface area contributed by atoms with Gasteiger partial charge in [0.2, 0.25) is 0 Å². The smallest absolute Gasteiger partial charge is 0.129 e. The van der Waals surface area contributed by atoms with Crippen molar-refractivity contribution in [1.82, 2.24) is 0 Å². The van der Waals surface area contributed by atoms with Crippen molar-refractivity contribution in [1.29, 1.82) is 0 Å². The third-order valence-electron chi connectivity index (χ3n) is 5.39. The van der Waals surface area contributed by atoms with Crippen molar-refractivity contribution >= 4 is 22.9 Å². The molecule has 31 heavy (non-hydrogen) atoms. The van der Waals surface area contributed by atoms with Gasteiger partial charge in [-0.3, -0.25) is 0 Å². The minimum atomic E-state index is -0.336. The summed E-state index contributed by atoms with van der Waals surface area (Å²) in [5.74, 6) is 0.875. The molecule has 0 saturated carbocycles. The molecule has 0 bridgehead atoms. The Bertz CT molecular complexity index is 1150. The van der Waals surface area contributed by atoms with Crippen LogP contribution < -0.4 is 14.8 Å². The maximum atomic E-state index is 13.8. The van der Waals surface area contributed by atoms with E-state index in [0.29, 0.717) is 17.4 Å². The van der Waals surface area contributed by atoms with Gasteiger partial charge in [-0.15, -0.1) is 0 Å². The van der Waals surface area contributed by atoms with Crippen LogP contribution in [0.15, 0.2) is 60.7 Å². The summed E-state index contributed by atoms with van der Waals surface area (Å²) in [5, 5.41) is 4.25. The quantitative estimate of drug-likeness (QED) is 0.452. The van der Waals surface area contributed by atoms with Gasteiger partial charge in [-0.1, -0.05) is 23.7 Å². The molecule has 1 aliphatic rings. The lowest BCUT2D eigenvalue weighted by Crippen LogP contribution is -2.32. The average Bonchev–Trinajstić information content (AvgIpc) is 2.72. The van der Waals surface area contributed by atoms with Crippen molar-refractivity contribution in [2.45, 2.75) is 32.9 Å². The zero-order valence-electron chi connectivity index (χ0n) is 18.1. The van der Waals surface area contributed by atoms with E-state index < -0.39 is 0 Å². The first kappa shape index (κ1) is 21.3. The van der Waals surface area contributed by atoms with E-state index in [-0.39, 0.29) is 11.4 Å². The van der Waals surface area contributed by atoms with Crippen LogP contribution in [-0.2, 0) is 6.61 Å². The van der Waals surface area contributed by atoms with Gasteiger partial charge in [-0.25, -0.2) is 4.39 Å². The van der Waals surface area contributed by atoms with E-state index in [4.69, 9.17) is 21.1 Å². The maximum Gasteiger partial charge on any atom is 0.129 e. The Morgan fingerprint density at radius 1 is 1.00 bits per heavy atom. The van der Waals surface area contributed by atoms with Crippen LogP contribution in [0.1, 0.15) is 31.9 Å². The fraction of sp³-hybridized carbons (Fsp3) is 0.231. The first-order valence-electron chi connectivity index (χ1n) is 10.1. The predicted octanol–water partition coefficient (Wildman–Crippen LogP) is 7.34. The molecule has 0 aliphatic carbocycles. The number of nitrogens with one attached hydrogen (secondary N) is 1. The zero-order chi connectivity index (χ0) is 22.2. The number of hydrogen-bond acceptors (Lipinski definition) is 3. The molecule has 0 fully saturated rings. The Morgan fingerprint density at radius 2 is 1.71 bits per heavy atom. The Hall–Kier alpha value is -2.98. The highest BCUT2D eigenvalue weighted by atomic mass is 35.5. The van der Waals surface area contributed by atoms with E-state index >= 15 is 0 Å². The van der Waals surface area contributed by atoms with Gasteiger partial charge in [0, 0.05) is 33.5 Å². The number of ether oxygens (including phenoxy) is 2. The Kier molecular flexibility index (Phi) is 5.67. The number of anilines is 1. The summed E-state index contributed by atoms with van der Waals surface area (Å²) in [4.78, 5) is 0. The highest BCUT2D eigenvalue weighted by Crippen LogP contribution is 2.42. The molecule has 0 saturated heterocycles. The van der Waals surface area contributed by atoms with Crippen LogP contribution in [-0.4, -0.2) is 12.6 Å². The Labute approximate surface area is 187 Å². The van der Waals surface area contributed by atoms with Crippen molar-refractivity contribution in [2.24, 2.45) is 0 Å². The van der Waals surface area contributed by atoms with Gasteiger partial charge in [0.15, 0.2) is 0 Å². The molecule has 3 nitrogen and oxygen atoms in total. The molecule has 0 atom stereocenters. The van der Waals surface area contributed by atoms with Crippen molar-refractivity contribution < 1.29 is 13.9 Å². The Morgan fingerprint density at radius 3 is 2.42 bits per heavy atom. The molecule has 0 aromatic heterocycles. The van der Waals surface area contributed by atoms with Gasteiger partial charge in [0.1, 0.15) is 23.9 Å². The van der Waals surface area contributed by atoms with Gasteiger partial charge in [-0.2, -0.15) is 0 Å². The van der Waals surface area contributed by atoms with E-state index in [9.17, 15) is 4.39 Å². The average molecular weight is 438 g/mol. The number of benzene rings is 3. The molecule has 160 valence electrons. The van der Waals surface area contributed by atoms with Crippen LogP contribution in [0, 0.1) is 5.82 Å². The summed E-state index contributed by atoms with van der Waals surface area (Å²) < 4.78 is 25.5. The summed E-state index contributed by atoms with van der Waals surface area (Å²) in [5.41, 5.74) is 5.92. The van der Waals surface area contributed by atoms with E-state index in [1.807, 2.05) is 18.2 Å². The van der Waals surface area contributed by atoms with E-state index in [1.54, 1.807) is 25.3 Å². The zero-order valence-corrected chi connectivity index (χ0v) is 18.8. The topological polar surface area (TPSA) is 30.5 Å². The summed E-state index contributed by atoms with van der Waals surface area (Å²) in [6, 6.07) is 16.0. The van der Waals surface area contributed by atoms with Crippen molar-refractivity contribution in [3.8, 4) is 22.6 Å². The second-order valence-electron chi connectivity index (χ2n) is 8.28. The lowest BCUT2D eigenvalue weighted by atomic mass is 9.85. The number of halogens is 2. The van der Waals surface area contributed by atoms with Gasteiger partial charge < -0.3 is 14.8 Å². The normalized spacial score (nSPS) is 14.3. The van der Waals surface area contributed by atoms with Crippen molar-refractivity contribution in [2.75, 3.05) is 12.4 Å². The molecule has 1 N–H and O–H groups in total. The predicted molar refractivity (Wildman–Crippen MR) is 126 cm³/mol. The van der Waals surface area contributed by atoms with E-state index in [0.717, 1.165) is 39.3 Å². The molecule has 0 spiro atoms. The van der Waals surface area contributed by atoms with Crippen LogP contribution in [0.4, 0.5) is 10.1 Å². The highest BCUT2D eigenvalue weighted by Gasteiger charge is 2.27. The second kappa shape index (κ2) is 8.27. The number of fused-ring (bicyclic) bond motifs is 1. The molecule has 4 rings (SSSR count). The molecular weight excluding hydrogens is 413 g/mol. The SMILES string of the molecule is COc1cc(F)ccc1-c1ccc2c(c1COc1ccc(Cl)cc1)C(C)=CC(C)(C)N2. The van der Waals surface area contributed by atoms with Crippen LogP contribution in [0.5, 0.6) is 11.5 Å². The van der Waals surface area contributed by atoms with Crippen LogP contribution in [0.3, 0.4) is 0 Å². The second-order valence-corrected chi connectivity index (χ2v) is 8.71. The molecule has 0 radical (unpaired) electrons. The first-order chi connectivity index (χ1) is 14.8. The number of hydrogen-bond donors (Lipinski definition) is 1. The van der Waals surface area contributed by atoms with Crippen LogP contribution >= 0.6 is 11.6 Å². The molecule has 5 heteroatoms. The fourth-order valence-electron chi connectivity index (χ4n) is 4.18. The fourth-order valence-corrected chi connectivity index (χ4v) is 4.30. The van der Waals surface area contributed by atoms with Gasteiger partial charge in [0.25, 0.3) is 0 Å². The van der Waals surface area contributed by atoms with Gasteiger partial charge in [0.05, 0.1) is 12.6 Å². The molecular formula is C26H25ClFNO2. The van der Waals surface area contributed by atoms with Crippen molar-refractivity contribution in [3.63, 3.8) is 0 Å². The summed E-state index contributed by atoms with van der Waals surface area (Å²) in [6.07, 6.45) is 2.22. The summed E-state index contributed by atoms with van der Waals surface area (Å²) in [7, 11) is 1.55. The maximum absolute atomic E-state index is 13.8. The summed E-state index contributed by atoms with van der Waals surface area (Å²) >= 11 is 6.01. The molecule has 1 aliphatic heterocycles. The molecule has 3 aromatic carbocycles. The van der Waals surface area contributed by atoms with E-state index in [1.165, 1.54) is 12.1 Å². The third-order valence-corrected chi connectivity index (χ3v) is 5.64. The number of allylic oxidation sites excluding steroid dienone is 1. The molecule has 3 aromatic rings. The first-order valence-corrected chi connectivity index (χ1v) is 10.5. The molecule has 0 amide bonds. The van der Waals surface area contributed by atoms with Crippen LogP contribution in [0.2, 0.25) is 5.02 Å². The molecule has 0 unspecified atom stereocenters. The number of rotatable bonds is 5. The summed E-state index contributed by atoms with van der Waals surface area (Å²) in [6.45, 7) is 6.73. The monoisotopic (exact) mass is 437 g/mol. The lowest BCUT2D eigenvalue weighted by molar-refractivity contribution is 0.306. The van der Waals surface area contributed by atoms with Gasteiger partial charge in [-0.05, 0) is 74.4 Å². The molecule has 1 heterocycles. The van der Waals surface area contributed by atoms with Crippen molar-refractivity contribution in [3.05, 3.63) is 82.6 Å². The highest BCUT2D eigenvalue weighted by molar-refractivity contribution is 6.30. The Balaban J connectivity index is 1.85. The number of methoxy groups -OCH3 is 1. The minimum absolute atomic E-state index is 0.152.